The lowest BCUT2D eigenvalue weighted by Gasteiger charge is -2.12. The van der Waals surface area contributed by atoms with Crippen LogP contribution < -0.4 is 10.6 Å². The highest BCUT2D eigenvalue weighted by Gasteiger charge is 2.05. The average Bonchev–Trinajstić information content (AvgIpc) is 3.02. The highest BCUT2D eigenvalue weighted by Crippen LogP contribution is 2.17. The van der Waals surface area contributed by atoms with Gasteiger partial charge in [0.2, 0.25) is 0 Å². The molecule has 2 aromatic carbocycles. The lowest BCUT2D eigenvalue weighted by atomic mass is 10.1. The van der Waals surface area contributed by atoms with Crippen molar-refractivity contribution >= 4 is 16.9 Å². The molecular weight excluding hydrogens is 303 g/mol. The van der Waals surface area contributed by atoms with Gasteiger partial charge in [-0.3, -0.25) is 4.99 Å². The summed E-state index contributed by atoms with van der Waals surface area (Å²) < 4.78 is 13.6. The summed E-state index contributed by atoms with van der Waals surface area (Å²) in [5, 5.41) is 7.64. The summed E-state index contributed by atoms with van der Waals surface area (Å²) in [5.41, 5.74) is 3.04. The molecule has 1 heterocycles. The smallest absolute Gasteiger partial charge is 0.191 e. The first-order valence-electron chi connectivity index (χ1n) is 8.01. The van der Waals surface area contributed by atoms with Crippen molar-refractivity contribution in [2.75, 3.05) is 13.6 Å². The number of rotatable bonds is 5. The summed E-state index contributed by atoms with van der Waals surface area (Å²) in [5.74, 6) is 0.456. The molecule has 0 aliphatic carbocycles. The normalized spacial score (nSPS) is 11.7. The molecule has 0 radical (unpaired) electrons. The minimum Gasteiger partial charge on any atom is -0.361 e. The van der Waals surface area contributed by atoms with Crippen LogP contribution in [0.2, 0.25) is 0 Å². The van der Waals surface area contributed by atoms with E-state index in [1.54, 1.807) is 19.2 Å². The van der Waals surface area contributed by atoms with E-state index in [0.717, 1.165) is 18.5 Å². The van der Waals surface area contributed by atoms with Crippen LogP contribution in [-0.2, 0) is 13.0 Å². The standard InChI is InChI=1S/C19H21FN4/c1-21-19(24-13-15-6-2-4-8-17(15)20)22-11-10-14-12-23-18-9-5-3-7-16(14)18/h2-9,12,23H,10-11,13H2,1H3,(H2,21,22,24). The Morgan fingerprint density at radius 3 is 2.67 bits per heavy atom. The number of aliphatic imine (C=N–C) groups is 1. The fourth-order valence-corrected chi connectivity index (χ4v) is 2.70. The maximum atomic E-state index is 13.6. The van der Waals surface area contributed by atoms with Crippen LogP contribution in [0.15, 0.2) is 59.7 Å². The van der Waals surface area contributed by atoms with Crippen molar-refractivity contribution in [2.45, 2.75) is 13.0 Å². The zero-order chi connectivity index (χ0) is 16.8. The molecule has 0 bridgehead atoms. The van der Waals surface area contributed by atoms with E-state index in [2.05, 4.69) is 32.7 Å². The van der Waals surface area contributed by atoms with Gasteiger partial charge in [-0.15, -0.1) is 0 Å². The Balaban J connectivity index is 1.52. The first-order chi connectivity index (χ1) is 11.8. The molecule has 0 saturated carbocycles. The summed E-state index contributed by atoms with van der Waals surface area (Å²) in [4.78, 5) is 7.46. The van der Waals surface area contributed by atoms with Crippen molar-refractivity contribution in [3.05, 3.63) is 71.7 Å². The molecule has 1 aromatic heterocycles. The Labute approximate surface area is 140 Å². The molecule has 0 spiro atoms. The van der Waals surface area contributed by atoms with Crippen LogP contribution in [0, 0.1) is 5.82 Å². The molecule has 0 fully saturated rings. The van der Waals surface area contributed by atoms with Crippen molar-refractivity contribution in [3.8, 4) is 0 Å². The van der Waals surface area contributed by atoms with Gasteiger partial charge in [0.1, 0.15) is 5.82 Å². The number of hydrogen-bond donors (Lipinski definition) is 3. The predicted molar refractivity (Wildman–Crippen MR) is 96.6 cm³/mol. The van der Waals surface area contributed by atoms with E-state index in [0.29, 0.717) is 18.1 Å². The molecule has 0 amide bonds. The minimum atomic E-state index is -0.209. The predicted octanol–water partition coefficient (Wildman–Crippen LogP) is 3.21. The third kappa shape index (κ3) is 3.74. The molecule has 0 unspecified atom stereocenters. The number of aromatic nitrogens is 1. The van der Waals surface area contributed by atoms with E-state index in [1.807, 2.05) is 24.4 Å². The molecule has 5 heteroatoms. The summed E-state index contributed by atoms with van der Waals surface area (Å²) >= 11 is 0. The van der Waals surface area contributed by atoms with E-state index in [-0.39, 0.29) is 5.82 Å². The van der Waals surface area contributed by atoms with Crippen LogP contribution in [0.25, 0.3) is 10.9 Å². The number of guanidine groups is 1. The maximum absolute atomic E-state index is 13.6. The minimum absolute atomic E-state index is 0.209. The topological polar surface area (TPSA) is 52.2 Å². The number of benzene rings is 2. The monoisotopic (exact) mass is 324 g/mol. The van der Waals surface area contributed by atoms with Gasteiger partial charge in [0.25, 0.3) is 0 Å². The number of aromatic amines is 1. The van der Waals surface area contributed by atoms with E-state index >= 15 is 0 Å². The van der Waals surface area contributed by atoms with Crippen molar-refractivity contribution in [1.29, 1.82) is 0 Å². The Morgan fingerprint density at radius 1 is 1.04 bits per heavy atom. The third-order valence-corrected chi connectivity index (χ3v) is 3.99. The SMILES string of the molecule is CN=C(NCCc1c[nH]c2ccccc12)NCc1ccccc1F. The average molecular weight is 324 g/mol. The van der Waals surface area contributed by atoms with Crippen molar-refractivity contribution in [3.63, 3.8) is 0 Å². The highest BCUT2D eigenvalue weighted by atomic mass is 19.1. The lowest BCUT2D eigenvalue weighted by Crippen LogP contribution is -2.38. The van der Waals surface area contributed by atoms with Gasteiger partial charge in [-0.25, -0.2) is 4.39 Å². The van der Waals surface area contributed by atoms with Gasteiger partial charge in [0.05, 0.1) is 0 Å². The number of H-pyrrole nitrogens is 1. The number of hydrogen-bond acceptors (Lipinski definition) is 1. The van der Waals surface area contributed by atoms with E-state index < -0.39 is 0 Å². The second-order valence-corrected chi connectivity index (χ2v) is 5.55. The molecule has 3 rings (SSSR count). The van der Waals surface area contributed by atoms with Crippen LogP contribution in [-0.4, -0.2) is 24.5 Å². The largest absolute Gasteiger partial charge is 0.361 e. The third-order valence-electron chi connectivity index (χ3n) is 3.99. The van der Waals surface area contributed by atoms with Crippen LogP contribution in [0.4, 0.5) is 4.39 Å². The zero-order valence-corrected chi connectivity index (χ0v) is 13.6. The van der Waals surface area contributed by atoms with Gasteiger partial charge in [-0.05, 0) is 24.1 Å². The van der Waals surface area contributed by atoms with Gasteiger partial charge in [0, 0.05) is 42.8 Å². The van der Waals surface area contributed by atoms with Crippen molar-refractivity contribution < 1.29 is 4.39 Å². The van der Waals surface area contributed by atoms with Gasteiger partial charge in [-0.1, -0.05) is 36.4 Å². The van der Waals surface area contributed by atoms with Crippen LogP contribution in [0.5, 0.6) is 0 Å². The maximum Gasteiger partial charge on any atom is 0.191 e. The zero-order valence-electron chi connectivity index (χ0n) is 13.6. The quantitative estimate of drug-likeness (QED) is 0.498. The molecule has 0 saturated heterocycles. The van der Waals surface area contributed by atoms with Crippen LogP contribution in [0.3, 0.4) is 0 Å². The summed E-state index contributed by atoms with van der Waals surface area (Å²) in [6.07, 6.45) is 2.92. The molecule has 124 valence electrons. The fourth-order valence-electron chi connectivity index (χ4n) is 2.70. The second kappa shape index (κ2) is 7.64. The Kier molecular flexibility index (Phi) is 5.11. The van der Waals surface area contributed by atoms with Crippen LogP contribution in [0.1, 0.15) is 11.1 Å². The molecule has 4 nitrogen and oxygen atoms in total. The van der Waals surface area contributed by atoms with Gasteiger partial charge >= 0.3 is 0 Å². The number of fused-ring (bicyclic) bond motifs is 1. The van der Waals surface area contributed by atoms with Crippen molar-refractivity contribution in [2.24, 2.45) is 4.99 Å². The molecule has 0 atom stereocenters. The second-order valence-electron chi connectivity index (χ2n) is 5.55. The Hall–Kier alpha value is -2.82. The number of nitrogens with zero attached hydrogens (tertiary/aromatic N) is 1. The molecular formula is C19H21FN4. The summed E-state index contributed by atoms with van der Waals surface area (Å²) in [6, 6.07) is 15.0. The lowest BCUT2D eigenvalue weighted by molar-refractivity contribution is 0.604. The molecule has 0 aliphatic heterocycles. The number of para-hydroxylation sites is 1. The number of halogens is 1. The van der Waals surface area contributed by atoms with E-state index in [1.165, 1.54) is 17.0 Å². The van der Waals surface area contributed by atoms with Gasteiger partial charge in [-0.2, -0.15) is 0 Å². The van der Waals surface area contributed by atoms with Gasteiger partial charge < -0.3 is 15.6 Å². The molecule has 3 N–H and O–H groups in total. The Bertz CT molecular complexity index is 838. The summed E-state index contributed by atoms with van der Waals surface area (Å²) in [7, 11) is 1.71. The highest BCUT2D eigenvalue weighted by molar-refractivity contribution is 5.83. The van der Waals surface area contributed by atoms with Gasteiger partial charge in [0.15, 0.2) is 5.96 Å². The fraction of sp³-hybridized carbons (Fsp3) is 0.211. The molecule has 0 aliphatic rings. The van der Waals surface area contributed by atoms with E-state index in [9.17, 15) is 4.39 Å². The first kappa shape index (κ1) is 16.1. The molecule has 3 aromatic rings. The number of nitrogens with one attached hydrogen (secondary N) is 3. The first-order valence-corrected chi connectivity index (χ1v) is 8.01. The molecule has 24 heavy (non-hydrogen) atoms. The Morgan fingerprint density at radius 2 is 1.83 bits per heavy atom. The van der Waals surface area contributed by atoms with E-state index in [4.69, 9.17) is 0 Å². The van der Waals surface area contributed by atoms with Crippen molar-refractivity contribution in [1.82, 2.24) is 15.6 Å². The summed E-state index contributed by atoms with van der Waals surface area (Å²) in [6.45, 7) is 1.15. The van der Waals surface area contributed by atoms with Crippen LogP contribution >= 0.6 is 0 Å².